The van der Waals surface area contributed by atoms with Crippen molar-refractivity contribution in [1.29, 1.82) is 0 Å². The molecule has 0 amide bonds. The highest BCUT2D eigenvalue weighted by molar-refractivity contribution is 5.92. The fourth-order valence-corrected chi connectivity index (χ4v) is 4.60. The van der Waals surface area contributed by atoms with Crippen molar-refractivity contribution < 1.29 is 28.6 Å². The Bertz CT molecular complexity index is 468. The molecule has 2 fully saturated rings. The third-order valence-electron chi connectivity index (χ3n) is 5.88. The number of hydrogen-bond acceptors (Lipinski definition) is 2. The molecule has 1 aliphatic carbocycles. The summed E-state index contributed by atoms with van der Waals surface area (Å²) >= 11 is 0. The molecule has 4 heteroatoms. The average Bonchev–Trinajstić information content (AvgIpc) is 2.59. The fraction of sp³-hybridized carbons (Fsp3) is 0.857. The molecule has 0 bridgehead atoms. The molecule has 0 atom stereocenters. The van der Waals surface area contributed by atoms with Crippen LogP contribution in [0.4, 0.5) is 0 Å². The molecule has 144 valence electrons. The van der Waals surface area contributed by atoms with E-state index in [9.17, 15) is 0 Å². The fourth-order valence-electron chi connectivity index (χ4n) is 4.60. The van der Waals surface area contributed by atoms with Crippen LogP contribution in [0.25, 0.3) is 0 Å². The van der Waals surface area contributed by atoms with Crippen LogP contribution < -0.4 is 29.3 Å². The summed E-state index contributed by atoms with van der Waals surface area (Å²) in [6.45, 7) is 12.4. The van der Waals surface area contributed by atoms with Crippen molar-refractivity contribution >= 4 is 5.71 Å². The number of rotatable bonds is 5. The maximum absolute atomic E-state index is 3.77. The van der Waals surface area contributed by atoms with Crippen molar-refractivity contribution in [1.82, 2.24) is 10.2 Å². The number of nitrogens with zero attached hydrogens (tertiary/aromatic N) is 2. The molecular weight excluding hydrogens is 421 g/mol. The zero-order chi connectivity index (χ0) is 16.8. The second-order valence-corrected chi connectivity index (χ2v) is 8.91. The molecule has 2 heterocycles. The molecule has 0 unspecified atom stereocenters. The zero-order valence-electron chi connectivity index (χ0n) is 16.5. The Hall–Kier alpha value is -0.100. The Morgan fingerprint density at radius 2 is 1.68 bits per heavy atom. The summed E-state index contributed by atoms with van der Waals surface area (Å²) < 4.78 is 2.65. The summed E-state index contributed by atoms with van der Waals surface area (Å²) in [5, 5.41) is 3.77. The topological polar surface area (TPSA) is 18.3 Å². The van der Waals surface area contributed by atoms with E-state index in [4.69, 9.17) is 0 Å². The van der Waals surface area contributed by atoms with Crippen molar-refractivity contribution in [2.45, 2.75) is 71.6 Å². The predicted molar refractivity (Wildman–Crippen MR) is 103 cm³/mol. The molecule has 2 aliphatic heterocycles. The Balaban J connectivity index is 0.00000225. The minimum atomic E-state index is 0. The van der Waals surface area contributed by atoms with Crippen LogP contribution >= 0.6 is 0 Å². The van der Waals surface area contributed by atoms with Crippen LogP contribution in [0.2, 0.25) is 0 Å². The molecule has 0 saturated carbocycles. The van der Waals surface area contributed by atoms with Gasteiger partial charge in [-0.15, -0.1) is 0 Å². The first-order valence-electron chi connectivity index (χ1n) is 10.4. The zero-order valence-corrected chi connectivity index (χ0v) is 18.6. The summed E-state index contributed by atoms with van der Waals surface area (Å²) in [7, 11) is 0. The molecule has 0 spiro atoms. The molecule has 3 aliphatic rings. The van der Waals surface area contributed by atoms with Gasteiger partial charge in [0.1, 0.15) is 13.1 Å². The number of halogens is 1. The molecule has 3 rings (SSSR count). The average molecular weight is 459 g/mol. The first-order valence-corrected chi connectivity index (χ1v) is 10.4. The van der Waals surface area contributed by atoms with Gasteiger partial charge in [-0.05, 0) is 57.2 Å². The van der Waals surface area contributed by atoms with Gasteiger partial charge < -0.3 is 34.2 Å². The van der Waals surface area contributed by atoms with E-state index in [0.29, 0.717) is 5.41 Å². The van der Waals surface area contributed by atoms with Gasteiger partial charge in [0.15, 0.2) is 5.71 Å². The lowest BCUT2D eigenvalue weighted by atomic mass is 9.78. The number of nitrogens with one attached hydrogen (secondary N) is 1. The lowest BCUT2D eigenvalue weighted by Crippen LogP contribution is -3.00. The SMILES string of the molecule is CC1(C)CC(NCCCN2CCCCC2)=CC(=[N+]2CCCCC2)C1.[I-]. The van der Waals surface area contributed by atoms with Gasteiger partial charge in [-0.1, -0.05) is 20.3 Å². The highest BCUT2D eigenvalue weighted by Crippen LogP contribution is 2.33. The van der Waals surface area contributed by atoms with Crippen LogP contribution in [0.1, 0.15) is 71.6 Å². The van der Waals surface area contributed by atoms with E-state index in [1.165, 1.54) is 96.2 Å². The minimum absolute atomic E-state index is 0. The van der Waals surface area contributed by atoms with Crippen LogP contribution in [0.5, 0.6) is 0 Å². The predicted octanol–water partition coefficient (Wildman–Crippen LogP) is 0.797. The summed E-state index contributed by atoms with van der Waals surface area (Å²) in [5.41, 5.74) is 3.46. The molecule has 0 radical (unpaired) electrons. The summed E-state index contributed by atoms with van der Waals surface area (Å²) in [6, 6.07) is 0. The Morgan fingerprint density at radius 3 is 2.40 bits per heavy atom. The smallest absolute Gasteiger partial charge is 0.178 e. The summed E-state index contributed by atoms with van der Waals surface area (Å²) in [5.74, 6) is 0. The second kappa shape index (κ2) is 10.3. The standard InChI is InChI=1S/C21H37N3.HI/c1-21(2)17-19(16-20(18-21)24-14-7-4-8-15-24)22-10-9-13-23-11-5-3-6-12-23;/h16H,3-15,17-18H2,1-2H3;1H. The lowest BCUT2D eigenvalue weighted by Gasteiger charge is -2.31. The molecule has 3 nitrogen and oxygen atoms in total. The minimum Gasteiger partial charge on any atom is -1.00 e. The van der Waals surface area contributed by atoms with Gasteiger partial charge in [0.2, 0.25) is 0 Å². The van der Waals surface area contributed by atoms with Gasteiger partial charge in [0, 0.05) is 37.6 Å². The molecular formula is C21H38IN3. The molecule has 0 aromatic heterocycles. The van der Waals surface area contributed by atoms with Gasteiger partial charge >= 0.3 is 0 Å². The van der Waals surface area contributed by atoms with Gasteiger partial charge in [-0.25, -0.2) is 4.58 Å². The van der Waals surface area contributed by atoms with Crippen LogP contribution in [0, 0.1) is 5.41 Å². The quantitative estimate of drug-likeness (QED) is 0.373. The van der Waals surface area contributed by atoms with E-state index < -0.39 is 0 Å². The van der Waals surface area contributed by atoms with E-state index in [-0.39, 0.29) is 24.0 Å². The molecule has 2 saturated heterocycles. The van der Waals surface area contributed by atoms with E-state index in [2.05, 4.69) is 34.7 Å². The van der Waals surface area contributed by atoms with E-state index in [1.54, 1.807) is 5.71 Å². The monoisotopic (exact) mass is 459 g/mol. The third-order valence-corrected chi connectivity index (χ3v) is 5.88. The van der Waals surface area contributed by atoms with E-state index in [0.717, 1.165) is 6.54 Å². The summed E-state index contributed by atoms with van der Waals surface area (Å²) in [4.78, 5) is 2.65. The number of hydrogen-bond donors (Lipinski definition) is 1. The Labute approximate surface area is 172 Å². The Kier molecular flexibility index (Phi) is 8.73. The van der Waals surface area contributed by atoms with Gasteiger partial charge in [-0.3, -0.25) is 0 Å². The third kappa shape index (κ3) is 6.85. The first-order chi connectivity index (χ1) is 11.6. The van der Waals surface area contributed by atoms with Crippen molar-refractivity contribution in [2.75, 3.05) is 39.3 Å². The normalized spacial score (nSPS) is 24.5. The van der Waals surface area contributed by atoms with Crippen LogP contribution in [0.15, 0.2) is 11.8 Å². The van der Waals surface area contributed by atoms with Crippen molar-refractivity contribution in [2.24, 2.45) is 5.41 Å². The molecule has 0 aromatic rings. The van der Waals surface area contributed by atoms with E-state index in [1.807, 2.05) is 0 Å². The second-order valence-electron chi connectivity index (χ2n) is 8.91. The van der Waals surface area contributed by atoms with Crippen LogP contribution in [0.3, 0.4) is 0 Å². The lowest BCUT2D eigenvalue weighted by molar-refractivity contribution is -0.538. The van der Waals surface area contributed by atoms with E-state index >= 15 is 0 Å². The Morgan fingerprint density at radius 1 is 1.00 bits per heavy atom. The molecule has 25 heavy (non-hydrogen) atoms. The number of allylic oxidation sites excluding steroid dienone is 2. The largest absolute Gasteiger partial charge is 1.00 e. The highest BCUT2D eigenvalue weighted by atomic mass is 127. The maximum atomic E-state index is 3.77. The van der Waals surface area contributed by atoms with Crippen LogP contribution in [-0.4, -0.2) is 54.5 Å². The van der Waals surface area contributed by atoms with Gasteiger partial charge in [0.05, 0.1) is 0 Å². The summed E-state index contributed by atoms with van der Waals surface area (Å²) in [6.07, 6.45) is 14.6. The van der Waals surface area contributed by atoms with Gasteiger partial charge in [0.25, 0.3) is 0 Å². The molecule has 1 N–H and O–H groups in total. The maximum Gasteiger partial charge on any atom is 0.178 e. The van der Waals surface area contributed by atoms with Crippen molar-refractivity contribution in [3.8, 4) is 0 Å². The van der Waals surface area contributed by atoms with Crippen molar-refractivity contribution in [3.63, 3.8) is 0 Å². The first kappa shape index (κ1) is 21.2. The highest BCUT2D eigenvalue weighted by Gasteiger charge is 2.31. The molecule has 0 aromatic carbocycles. The van der Waals surface area contributed by atoms with Crippen molar-refractivity contribution in [3.05, 3.63) is 11.8 Å². The number of piperidine rings is 2. The van der Waals surface area contributed by atoms with Crippen LogP contribution in [-0.2, 0) is 0 Å². The number of likely N-dealkylation sites (tertiary alicyclic amines) is 1. The van der Waals surface area contributed by atoms with Gasteiger partial charge in [-0.2, -0.15) is 0 Å².